The van der Waals surface area contributed by atoms with Crippen LogP contribution in [0, 0.1) is 5.92 Å². The summed E-state index contributed by atoms with van der Waals surface area (Å²) in [5.74, 6) is -0.536. The molecule has 72 valence electrons. The highest BCUT2D eigenvalue weighted by Gasteiger charge is 2.25. The molecular weight excluding hydrogens is 170 g/mol. The Bertz CT molecular complexity index is 247. The monoisotopic (exact) mass is 183 g/mol. The predicted molar refractivity (Wildman–Crippen MR) is 46.9 cm³/mol. The van der Waals surface area contributed by atoms with Gasteiger partial charge in [0.25, 0.3) is 0 Å². The summed E-state index contributed by atoms with van der Waals surface area (Å²) in [6, 6.07) is -0.0263. The number of ether oxygens (including phenoxy) is 1. The summed E-state index contributed by atoms with van der Waals surface area (Å²) in [6.07, 6.45) is 4.20. The van der Waals surface area contributed by atoms with Crippen molar-refractivity contribution < 1.29 is 14.3 Å². The Morgan fingerprint density at radius 3 is 2.69 bits per heavy atom. The highest BCUT2D eigenvalue weighted by atomic mass is 16.5. The van der Waals surface area contributed by atoms with Crippen molar-refractivity contribution in [3.63, 3.8) is 0 Å². The van der Waals surface area contributed by atoms with Crippen LogP contribution < -0.4 is 5.32 Å². The van der Waals surface area contributed by atoms with E-state index in [4.69, 9.17) is 0 Å². The van der Waals surface area contributed by atoms with Crippen LogP contribution in [0.15, 0.2) is 12.2 Å². The lowest BCUT2D eigenvalue weighted by Gasteiger charge is -2.10. The minimum absolute atomic E-state index is 0.0263. The molecule has 0 spiro atoms. The first-order chi connectivity index (χ1) is 6.13. The lowest BCUT2D eigenvalue weighted by molar-refractivity contribution is -0.143. The molecule has 0 bridgehead atoms. The molecule has 1 N–H and O–H groups in total. The molecule has 1 rings (SSSR count). The molecule has 0 unspecified atom stereocenters. The van der Waals surface area contributed by atoms with Gasteiger partial charge < -0.3 is 10.1 Å². The van der Waals surface area contributed by atoms with Crippen LogP contribution in [-0.4, -0.2) is 25.0 Å². The zero-order chi connectivity index (χ0) is 9.84. The number of hydrogen-bond donors (Lipinski definition) is 1. The molecule has 0 heterocycles. The maximum absolute atomic E-state index is 11.1. The van der Waals surface area contributed by atoms with Crippen molar-refractivity contribution in [2.75, 3.05) is 7.11 Å². The van der Waals surface area contributed by atoms with E-state index in [9.17, 15) is 9.59 Å². The van der Waals surface area contributed by atoms with E-state index in [-0.39, 0.29) is 23.8 Å². The Kier molecular flexibility index (Phi) is 3.06. The molecule has 1 aliphatic rings. The molecule has 0 radical (unpaired) electrons. The summed E-state index contributed by atoms with van der Waals surface area (Å²) >= 11 is 0. The van der Waals surface area contributed by atoms with E-state index >= 15 is 0 Å². The fourth-order valence-corrected chi connectivity index (χ4v) is 1.39. The van der Waals surface area contributed by atoms with Gasteiger partial charge in [-0.15, -0.1) is 0 Å². The number of hydrogen-bond acceptors (Lipinski definition) is 3. The van der Waals surface area contributed by atoms with Crippen LogP contribution in [0.5, 0.6) is 0 Å². The average Bonchev–Trinajstić information content (AvgIpc) is 2.50. The van der Waals surface area contributed by atoms with Gasteiger partial charge in [0.15, 0.2) is 0 Å². The summed E-state index contributed by atoms with van der Waals surface area (Å²) in [4.78, 5) is 21.7. The molecule has 0 aromatic heterocycles. The fourth-order valence-electron chi connectivity index (χ4n) is 1.39. The molecule has 0 aliphatic heterocycles. The van der Waals surface area contributed by atoms with Gasteiger partial charge in [-0.2, -0.15) is 0 Å². The van der Waals surface area contributed by atoms with Crippen LogP contribution >= 0.6 is 0 Å². The van der Waals surface area contributed by atoms with Gasteiger partial charge in [-0.3, -0.25) is 9.59 Å². The first-order valence-electron chi connectivity index (χ1n) is 4.16. The summed E-state index contributed by atoms with van der Waals surface area (Å²) in [5.41, 5.74) is 0. The van der Waals surface area contributed by atoms with Crippen LogP contribution in [0.1, 0.15) is 13.3 Å². The highest BCUT2D eigenvalue weighted by molar-refractivity contribution is 5.76. The van der Waals surface area contributed by atoms with Gasteiger partial charge in [-0.05, 0) is 6.42 Å². The minimum atomic E-state index is -0.246. The van der Waals surface area contributed by atoms with Crippen molar-refractivity contribution in [3.8, 4) is 0 Å². The number of methoxy groups -OCH3 is 1. The molecule has 1 amide bonds. The third kappa shape index (κ3) is 2.57. The predicted octanol–water partition coefficient (Wildman–Crippen LogP) is 0.240. The van der Waals surface area contributed by atoms with E-state index in [0.717, 1.165) is 0 Å². The molecule has 2 atom stereocenters. The van der Waals surface area contributed by atoms with Gasteiger partial charge in [0.1, 0.15) is 0 Å². The Hall–Kier alpha value is -1.32. The maximum Gasteiger partial charge on any atom is 0.312 e. The van der Waals surface area contributed by atoms with Crippen molar-refractivity contribution >= 4 is 11.9 Å². The van der Waals surface area contributed by atoms with Crippen LogP contribution in [0.4, 0.5) is 0 Å². The molecule has 0 aromatic carbocycles. The zero-order valence-electron chi connectivity index (χ0n) is 7.74. The SMILES string of the molecule is COC(=O)[C@H]1C=C[C@@H](NC(C)=O)C1. The molecule has 0 saturated heterocycles. The summed E-state index contributed by atoms with van der Waals surface area (Å²) < 4.78 is 4.58. The zero-order valence-corrected chi connectivity index (χ0v) is 7.74. The summed E-state index contributed by atoms with van der Waals surface area (Å²) in [6.45, 7) is 1.46. The lowest BCUT2D eigenvalue weighted by Crippen LogP contribution is -2.31. The summed E-state index contributed by atoms with van der Waals surface area (Å²) in [7, 11) is 1.36. The van der Waals surface area contributed by atoms with Crippen molar-refractivity contribution in [3.05, 3.63) is 12.2 Å². The van der Waals surface area contributed by atoms with E-state index in [2.05, 4.69) is 10.1 Å². The van der Waals surface area contributed by atoms with Crippen LogP contribution in [0.2, 0.25) is 0 Å². The number of amides is 1. The van der Waals surface area contributed by atoms with E-state index in [1.165, 1.54) is 14.0 Å². The minimum Gasteiger partial charge on any atom is -0.469 e. The standard InChI is InChI=1S/C9H13NO3/c1-6(11)10-8-4-3-7(5-8)9(12)13-2/h3-4,7-8H,5H2,1-2H3,(H,10,11)/t7-,8+/m0/s1. The van der Waals surface area contributed by atoms with Gasteiger partial charge in [0.2, 0.25) is 5.91 Å². The highest BCUT2D eigenvalue weighted by Crippen LogP contribution is 2.18. The van der Waals surface area contributed by atoms with Crippen LogP contribution in [0.25, 0.3) is 0 Å². The Morgan fingerprint density at radius 1 is 1.46 bits per heavy atom. The quantitative estimate of drug-likeness (QED) is 0.493. The number of carbonyl (C=O) groups excluding carboxylic acids is 2. The number of nitrogens with one attached hydrogen (secondary N) is 1. The normalized spacial score (nSPS) is 25.7. The second-order valence-corrected chi connectivity index (χ2v) is 3.06. The van der Waals surface area contributed by atoms with Gasteiger partial charge >= 0.3 is 5.97 Å². The molecule has 4 nitrogen and oxygen atoms in total. The van der Waals surface area contributed by atoms with E-state index in [1.54, 1.807) is 6.08 Å². The van der Waals surface area contributed by atoms with E-state index in [1.807, 2.05) is 6.08 Å². The third-order valence-corrected chi connectivity index (χ3v) is 1.98. The van der Waals surface area contributed by atoms with E-state index in [0.29, 0.717) is 6.42 Å². The second kappa shape index (κ2) is 4.07. The van der Waals surface area contributed by atoms with Gasteiger partial charge in [0.05, 0.1) is 13.0 Å². The smallest absolute Gasteiger partial charge is 0.312 e. The van der Waals surface area contributed by atoms with Crippen LogP contribution in [0.3, 0.4) is 0 Å². The molecular formula is C9H13NO3. The van der Waals surface area contributed by atoms with Gasteiger partial charge in [0, 0.05) is 13.0 Å². The van der Waals surface area contributed by atoms with Crippen molar-refractivity contribution in [2.45, 2.75) is 19.4 Å². The molecule has 13 heavy (non-hydrogen) atoms. The van der Waals surface area contributed by atoms with Gasteiger partial charge in [-0.1, -0.05) is 12.2 Å². The van der Waals surface area contributed by atoms with Crippen LogP contribution in [-0.2, 0) is 14.3 Å². The number of rotatable bonds is 2. The first kappa shape index (κ1) is 9.77. The Balaban J connectivity index is 2.42. The molecule has 0 fully saturated rings. The van der Waals surface area contributed by atoms with Crippen molar-refractivity contribution in [1.82, 2.24) is 5.32 Å². The molecule has 0 aromatic rings. The number of esters is 1. The second-order valence-electron chi connectivity index (χ2n) is 3.06. The van der Waals surface area contributed by atoms with Crippen molar-refractivity contribution in [1.29, 1.82) is 0 Å². The number of carbonyl (C=O) groups is 2. The Morgan fingerprint density at radius 2 is 2.15 bits per heavy atom. The lowest BCUT2D eigenvalue weighted by atomic mass is 10.1. The van der Waals surface area contributed by atoms with Gasteiger partial charge in [-0.25, -0.2) is 0 Å². The molecule has 1 aliphatic carbocycles. The third-order valence-electron chi connectivity index (χ3n) is 1.98. The molecule has 0 saturated carbocycles. The average molecular weight is 183 g/mol. The molecule has 4 heteroatoms. The Labute approximate surface area is 76.9 Å². The van der Waals surface area contributed by atoms with Crippen molar-refractivity contribution in [2.24, 2.45) is 5.92 Å². The first-order valence-corrected chi connectivity index (χ1v) is 4.16. The topological polar surface area (TPSA) is 55.4 Å². The van der Waals surface area contributed by atoms with E-state index < -0.39 is 0 Å². The maximum atomic E-state index is 11.1. The largest absolute Gasteiger partial charge is 0.469 e. The summed E-state index contributed by atoms with van der Waals surface area (Å²) in [5, 5.41) is 2.72. The fraction of sp³-hybridized carbons (Fsp3) is 0.556.